The minimum Gasteiger partial charge on any atom is -0.355 e. The van der Waals surface area contributed by atoms with Gasteiger partial charge < -0.3 is 10.2 Å². The van der Waals surface area contributed by atoms with E-state index in [1.165, 1.54) is 32.4 Å². The predicted octanol–water partition coefficient (Wildman–Crippen LogP) is 1.07. The number of rotatable bonds is 6. The summed E-state index contributed by atoms with van der Waals surface area (Å²) in [5, 5.41) is 3.20. The van der Waals surface area contributed by atoms with Crippen LogP contribution in [-0.4, -0.2) is 81.8 Å². The molecule has 0 aromatic heterocycles. The molecule has 1 atom stereocenters. The molecule has 2 rings (SSSR count). The third-order valence-corrected chi connectivity index (χ3v) is 6.22. The molecule has 148 valence electrons. The molecule has 2 aliphatic heterocycles. The molecule has 1 unspecified atom stereocenters. The summed E-state index contributed by atoms with van der Waals surface area (Å²) in [5.41, 5.74) is 0. The average molecular weight is 487 g/mol. The lowest BCUT2D eigenvalue weighted by Gasteiger charge is -2.32. The van der Waals surface area contributed by atoms with Crippen molar-refractivity contribution in [3.8, 4) is 0 Å². The third-order valence-electron chi connectivity index (χ3n) is 4.65. The van der Waals surface area contributed by atoms with Crippen LogP contribution in [0.2, 0.25) is 0 Å². The van der Waals surface area contributed by atoms with Crippen molar-refractivity contribution in [1.82, 2.24) is 19.8 Å². The topological polar surface area (TPSA) is 77.0 Å². The van der Waals surface area contributed by atoms with E-state index < -0.39 is 10.0 Å². The fourth-order valence-corrected chi connectivity index (χ4v) is 4.77. The van der Waals surface area contributed by atoms with Crippen molar-refractivity contribution in [2.75, 3.05) is 45.5 Å². The highest BCUT2D eigenvalue weighted by Crippen LogP contribution is 2.20. The van der Waals surface area contributed by atoms with Crippen LogP contribution in [0, 0.1) is 0 Å². The van der Waals surface area contributed by atoms with Gasteiger partial charge in [-0.1, -0.05) is 6.42 Å². The first kappa shape index (κ1) is 22.9. The van der Waals surface area contributed by atoms with Crippen LogP contribution in [0.5, 0.6) is 0 Å². The number of guanidine groups is 1. The number of likely N-dealkylation sites (tertiary alicyclic amines) is 2. The Bertz CT molecular complexity index is 521. The van der Waals surface area contributed by atoms with Gasteiger partial charge in [0.15, 0.2) is 5.96 Å². The molecular formula is C16H34IN5O2S. The van der Waals surface area contributed by atoms with Crippen LogP contribution < -0.4 is 10.0 Å². The van der Waals surface area contributed by atoms with Crippen LogP contribution in [0.3, 0.4) is 0 Å². The Kier molecular flexibility index (Phi) is 9.97. The highest BCUT2D eigenvalue weighted by atomic mass is 127. The number of piperidine rings is 1. The summed E-state index contributed by atoms with van der Waals surface area (Å²) in [6, 6.07) is 0.536. The van der Waals surface area contributed by atoms with Crippen molar-refractivity contribution in [2.24, 2.45) is 4.99 Å². The van der Waals surface area contributed by atoms with Gasteiger partial charge in [0.1, 0.15) is 0 Å². The van der Waals surface area contributed by atoms with E-state index in [0.29, 0.717) is 12.6 Å². The number of sulfonamides is 1. The van der Waals surface area contributed by atoms with Gasteiger partial charge in [-0.05, 0) is 46.2 Å². The smallest absolute Gasteiger partial charge is 0.213 e. The van der Waals surface area contributed by atoms with E-state index in [2.05, 4.69) is 24.8 Å². The fourth-order valence-electron chi connectivity index (χ4n) is 3.56. The van der Waals surface area contributed by atoms with Crippen molar-refractivity contribution in [1.29, 1.82) is 0 Å². The van der Waals surface area contributed by atoms with E-state index in [9.17, 15) is 8.42 Å². The summed E-state index contributed by atoms with van der Waals surface area (Å²) < 4.78 is 26.4. The Morgan fingerprint density at radius 2 is 1.88 bits per heavy atom. The molecule has 0 aromatic rings. The largest absolute Gasteiger partial charge is 0.355 e. The highest BCUT2D eigenvalue weighted by molar-refractivity contribution is 14.0. The summed E-state index contributed by atoms with van der Waals surface area (Å²) in [6.07, 6.45) is 5.14. The monoisotopic (exact) mass is 487 g/mol. The number of nitrogens with zero attached hydrogens (tertiary/aromatic N) is 3. The SMILES string of the molecule is CN=C(NCCS(=O)(=O)NC(C)C)N1CCC(N2CCCCC2)C1.I. The predicted molar refractivity (Wildman–Crippen MR) is 114 cm³/mol. The van der Waals surface area contributed by atoms with Crippen molar-refractivity contribution >= 4 is 40.0 Å². The molecule has 9 heteroatoms. The molecular weight excluding hydrogens is 453 g/mol. The minimum absolute atomic E-state index is 0. The maximum atomic E-state index is 11.9. The summed E-state index contributed by atoms with van der Waals surface area (Å²) in [5.74, 6) is 0.877. The molecule has 7 nitrogen and oxygen atoms in total. The van der Waals surface area contributed by atoms with Gasteiger partial charge >= 0.3 is 0 Å². The number of aliphatic imine (C=N–C) groups is 1. The van der Waals surface area contributed by atoms with Gasteiger partial charge in [-0.3, -0.25) is 9.89 Å². The molecule has 2 N–H and O–H groups in total. The normalized spacial score (nSPS) is 23.0. The zero-order valence-corrected chi connectivity index (χ0v) is 18.8. The van der Waals surface area contributed by atoms with Crippen molar-refractivity contribution < 1.29 is 8.42 Å². The van der Waals surface area contributed by atoms with Gasteiger partial charge in [-0.15, -0.1) is 24.0 Å². The van der Waals surface area contributed by atoms with Crippen LogP contribution in [0.25, 0.3) is 0 Å². The molecule has 2 saturated heterocycles. The van der Waals surface area contributed by atoms with Crippen molar-refractivity contribution in [3.05, 3.63) is 0 Å². The van der Waals surface area contributed by atoms with E-state index in [1.54, 1.807) is 7.05 Å². The van der Waals surface area contributed by atoms with Crippen LogP contribution in [-0.2, 0) is 10.0 Å². The second kappa shape index (κ2) is 10.9. The Labute approximate surface area is 170 Å². The number of halogens is 1. The fraction of sp³-hybridized carbons (Fsp3) is 0.938. The lowest BCUT2D eigenvalue weighted by molar-refractivity contribution is 0.168. The van der Waals surface area contributed by atoms with Gasteiger partial charge in [0.2, 0.25) is 10.0 Å². The van der Waals surface area contributed by atoms with E-state index in [-0.39, 0.29) is 35.8 Å². The summed E-state index contributed by atoms with van der Waals surface area (Å²) in [7, 11) is -1.47. The molecule has 0 radical (unpaired) electrons. The van der Waals surface area contributed by atoms with Gasteiger partial charge in [0.05, 0.1) is 5.75 Å². The highest BCUT2D eigenvalue weighted by Gasteiger charge is 2.30. The number of nitrogens with one attached hydrogen (secondary N) is 2. The van der Waals surface area contributed by atoms with Crippen LogP contribution in [0.4, 0.5) is 0 Å². The Morgan fingerprint density at radius 1 is 1.20 bits per heavy atom. The Morgan fingerprint density at radius 3 is 2.48 bits per heavy atom. The molecule has 2 fully saturated rings. The zero-order valence-electron chi connectivity index (χ0n) is 15.7. The maximum absolute atomic E-state index is 11.9. The van der Waals surface area contributed by atoms with Crippen LogP contribution in [0.15, 0.2) is 4.99 Å². The second-order valence-corrected chi connectivity index (χ2v) is 8.92. The van der Waals surface area contributed by atoms with E-state index >= 15 is 0 Å². The molecule has 2 heterocycles. The van der Waals surface area contributed by atoms with Crippen LogP contribution >= 0.6 is 24.0 Å². The Hall–Kier alpha value is -0.130. The number of hydrogen-bond acceptors (Lipinski definition) is 4. The molecule has 25 heavy (non-hydrogen) atoms. The minimum atomic E-state index is -3.23. The van der Waals surface area contributed by atoms with Crippen molar-refractivity contribution in [3.63, 3.8) is 0 Å². The van der Waals surface area contributed by atoms with Gasteiger partial charge in [0, 0.05) is 38.8 Å². The second-order valence-electron chi connectivity index (χ2n) is 7.05. The summed E-state index contributed by atoms with van der Waals surface area (Å²) >= 11 is 0. The Balaban J connectivity index is 0.00000312. The van der Waals surface area contributed by atoms with Crippen molar-refractivity contribution in [2.45, 2.75) is 51.6 Å². The van der Waals surface area contributed by atoms with Gasteiger partial charge in [-0.25, -0.2) is 13.1 Å². The van der Waals surface area contributed by atoms with E-state index in [0.717, 1.165) is 25.5 Å². The number of hydrogen-bond donors (Lipinski definition) is 2. The molecule has 0 aromatic carbocycles. The average Bonchev–Trinajstić information content (AvgIpc) is 3.01. The van der Waals surface area contributed by atoms with E-state index in [1.807, 2.05) is 13.8 Å². The molecule has 0 aliphatic carbocycles. The standard InChI is InChI=1S/C16H33N5O2S.HI/c1-14(2)19-24(22,23)12-8-18-16(17-3)21-11-7-15(13-21)20-9-5-4-6-10-20;/h14-15,19H,4-13H2,1-3H3,(H,17,18);1H. The first-order valence-corrected chi connectivity index (χ1v) is 10.8. The first-order valence-electron chi connectivity index (χ1n) is 9.11. The molecule has 0 saturated carbocycles. The first-order chi connectivity index (χ1) is 11.4. The van der Waals surface area contributed by atoms with E-state index in [4.69, 9.17) is 0 Å². The summed E-state index contributed by atoms with van der Waals surface area (Å²) in [4.78, 5) is 9.18. The molecule has 0 spiro atoms. The molecule has 0 amide bonds. The van der Waals surface area contributed by atoms with Crippen LogP contribution in [0.1, 0.15) is 39.5 Å². The zero-order chi connectivity index (χ0) is 17.6. The van der Waals surface area contributed by atoms with Gasteiger partial charge in [0.25, 0.3) is 0 Å². The quantitative estimate of drug-likeness (QED) is 0.333. The molecule has 0 bridgehead atoms. The third kappa shape index (κ3) is 7.56. The molecule has 2 aliphatic rings. The van der Waals surface area contributed by atoms with Gasteiger partial charge in [-0.2, -0.15) is 0 Å². The summed E-state index contributed by atoms with van der Waals surface area (Å²) in [6.45, 7) is 8.42. The lowest BCUT2D eigenvalue weighted by Crippen LogP contribution is -2.46. The lowest BCUT2D eigenvalue weighted by atomic mass is 10.1. The maximum Gasteiger partial charge on any atom is 0.213 e.